The van der Waals surface area contributed by atoms with Gasteiger partial charge in [-0.2, -0.15) is 4.98 Å². The molecule has 0 amide bonds. The van der Waals surface area contributed by atoms with Gasteiger partial charge in [0.1, 0.15) is 5.82 Å². The van der Waals surface area contributed by atoms with Crippen molar-refractivity contribution in [2.24, 2.45) is 0 Å². The molecule has 0 unspecified atom stereocenters. The Bertz CT molecular complexity index is 695. The second-order valence-electron chi connectivity index (χ2n) is 4.64. The van der Waals surface area contributed by atoms with E-state index < -0.39 is 0 Å². The fourth-order valence-corrected chi connectivity index (χ4v) is 1.95. The summed E-state index contributed by atoms with van der Waals surface area (Å²) in [7, 11) is 0. The summed E-state index contributed by atoms with van der Waals surface area (Å²) in [5.74, 6) is 1.31. The molecule has 0 saturated heterocycles. The van der Waals surface area contributed by atoms with Crippen molar-refractivity contribution in [1.29, 1.82) is 0 Å². The van der Waals surface area contributed by atoms with Crippen LogP contribution in [-0.2, 0) is 0 Å². The minimum absolute atomic E-state index is 0.529. The Kier molecular flexibility index (Phi) is 3.42. The van der Waals surface area contributed by atoms with Gasteiger partial charge in [0.2, 0.25) is 5.95 Å². The summed E-state index contributed by atoms with van der Waals surface area (Å²) < 4.78 is 0. The Morgan fingerprint density at radius 3 is 2.81 bits per heavy atom. The molecule has 3 rings (SSSR count). The maximum Gasteiger partial charge on any atom is 0.229 e. The van der Waals surface area contributed by atoms with Gasteiger partial charge in [0, 0.05) is 42.4 Å². The van der Waals surface area contributed by atoms with E-state index in [9.17, 15) is 0 Å². The molecule has 2 heterocycles. The van der Waals surface area contributed by atoms with Crippen LogP contribution in [0.4, 0.5) is 23.1 Å². The topological polar surface area (TPSA) is 79.1 Å². The summed E-state index contributed by atoms with van der Waals surface area (Å²) >= 11 is 0. The molecule has 0 bridgehead atoms. The fraction of sp³-hybridized carbons (Fsp3) is 0.0667. The molecule has 1 aliphatic heterocycles. The van der Waals surface area contributed by atoms with Crippen LogP contribution in [0.5, 0.6) is 0 Å². The number of nitrogen functional groups attached to an aromatic ring is 1. The molecular formula is C15H16N6. The van der Waals surface area contributed by atoms with Crippen LogP contribution in [0, 0.1) is 6.92 Å². The highest BCUT2D eigenvalue weighted by atomic mass is 15.2. The van der Waals surface area contributed by atoms with E-state index in [0.29, 0.717) is 11.6 Å². The molecule has 1 aromatic carbocycles. The van der Waals surface area contributed by atoms with Gasteiger partial charge in [-0.05, 0) is 30.7 Å². The van der Waals surface area contributed by atoms with E-state index in [-0.39, 0.29) is 0 Å². The van der Waals surface area contributed by atoms with Crippen LogP contribution in [0.2, 0.25) is 0 Å². The van der Waals surface area contributed by atoms with Crippen LogP contribution >= 0.6 is 0 Å². The van der Waals surface area contributed by atoms with Crippen molar-refractivity contribution in [2.75, 3.05) is 16.0 Å². The minimum atomic E-state index is 0.529. The molecular weight excluding hydrogens is 264 g/mol. The lowest BCUT2D eigenvalue weighted by Crippen LogP contribution is -2.16. The zero-order chi connectivity index (χ0) is 14.7. The van der Waals surface area contributed by atoms with Crippen LogP contribution in [0.1, 0.15) is 5.56 Å². The monoisotopic (exact) mass is 280 g/mol. The van der Waals surface area contributed by atoms with Gasteiger partial charge in [-0.15, -0.1) is 0 Å². The number of hydrogen-bond donors (Lipinski definition) is 3. The Hall–Kier alpha value is -3.02. The molecule has 21 heavy (non-hydrogen) atoms. The van der Waals surface area contributed by atoms with Gasteiger partial charge in [0.05, 0.1) is 0 Å². The van der Waals surface area contributed by atoms with Crippen molar-refractivity contribution >= 4 is 23.1 Å². The van der Waals surface area contributed by atoms with Crippen molar-refractivity contribution in [2.45, 2.75) is 6.92 Å². The summed E-state index contributed by atoms with van der Waals surface area (Å²) in [5.41, 5.74) is 8.50. The Labute approximate surface area is 123 Å². The lowest BCUT2D eigenvalue weighted by molar-refractivity contribution is 1.05. The second-order valence-corrected chi connectivity index (χ2v) is 4.64. The average Bonchev–Trinajstić information content (AvgIpc) is 2.52. The van der Waals surface area contributed by atoms with Crippen LogP contribution in [0.15, 0.2) is 55.3 Å². The molecule has 6 heteroatoms. The van der Waals surface area contributed by atoms with E-state index in [1.54, 1.807) is 6.20 Å². The standard InChI is InChI=1S/C15H16N6/c1-11-2-3-12(16)10-13(11)19-15-18-5-4-14(20-15)21-8-6-17-7-9-21/h2-10,17H,16H2,1H3,(H,18,19,20). The fourth-order valence-electron chi connectivity index (χ4n) is 1.95. The van der Waals surface area contributed by atoms with Crippen molar-refractivity contribution < 1.29 is 0 Å². The maximum absolute atomic E-state index is 5.81. The molecule has 0 spiro atoms. The number of benzene rings is 1. The Morgan fingerprint density at radius 2 is 2.00 bits per heavy atom. The summed E-state index contributed by atoms with van der Waals surface area (Å²) in [6, 6.07) is 7.55. The van der Waals surface area contributed by atoms with Gasteiger partial charge < -0.3 is 21.3 Å². The quantitative estimate of drug-likeness (QED) is 0.750. The summed E-state index contributed by atoms with van der Waals surface area (Å²) in [6.45, 7) is 2.01. The van der Waals surface area contributed by atoms with Gasteiger partial charge in [0.25, 0.3) is 0 Å². The highest BCUT2D eigenvalue weighted by molar-refractivity contribution is 5.64. The van der Waals surface area contributed by atoms with Gasteiger partial charge >= 0.3 is 0 Å². The first-order valence-corrected chi connectivity index (χ1v) is 6.56. The van der Waals surface area contributed by atoms with E-state index in [4.69, 9.17) is 5.73 Å². The molecule has 0 fully saturated rings. The second kappa shape index (κ2) is 5.54. The van der Waals surface area contributed by atoms with Gasteiger partial charge in [-0.3, -0.25) is 0 Å². The van der Waals surface area contributed by atoms with Crippen molar-refractivity contribution in [1.82, 2.24) is 15.3 Å². The molecule has 0 radical (unpaired) electrons. The van der Waals surface area contributed by atoms with Crippen molar-refractivity contribution in [3.8, 4) is 0 Å². The van der Waals surface area contributed by atoms with Crippen molar-refractivity contribution in [3.63, 3.8) is 0 Å². The number of nitrogens with one attached hydrogen (secondary N) is 2. The van der Waals surface area contributed by atoms with Crippen LogP contribution in [-0.4, -0.2) is 9.97 Å². The number of nitrogens with zero attached hydrogens (tertiary/aromatic N) is 3. The largest absolute Gasteiger partial charge is 0.399 e. The van der Waals surface area contributed by atoms with Gasteiger partial charge in [-0.1, -0.05) is 6.07 Å². The minimum Gasteiger partial charge on any atom is -0.399 e. The van der Waals surface area contributed by atoms with Crippen LogP contribution in [0.25, 0.3) is 0 Å². The molecule has 1 aromatic heterocycles. The van der Waals surface area contributed by atoms with E-state index in [0.717, 1.165) is 17.1 Å². The molecule has 0 aliphatic carbocycles. The maximum atomic E-state index is 5.81. The Balaban J connectivity index is 1.86. The third kappa shape index (κ3) is 2.94. The average molecular weight is 280 g/mol. The first-order chi connectivity index (χ1) is 10.2. The SMILES string of the molecule is Cc1ccc(N)cc1Nc1nccc(N2C=CNC=C2)n1. The summed E-state index contributed by atoms with van der Waals surface area (Å²) in [6.07, 6.45) is 9.15. The number of aromatic nitrogens is 2. The number of aryl methyl sites for hydroxylation is 1. The molecule has 6 nitrogen and oxygen atoms in total. The zero-order valence-electron chi connectivity index (χ0n) is 11.6. The predicted molar refractivity (Wildman–Crippen MR) is 84.8 cm³/mol. The van der Waals surface area contributed by atoms with Gasteiger partial charge in [-0.25, -0.2) is 4.98 Å². The molecule has 0 saturated carbocycles. The smallest absolute Gasteiger partial charge is 0.229 e. The normalized spacial score (nSPS) is 13.1. The summed E-state index contributed by atoms with van der Waals surface area (Å²) in [4.78, 5) is 10.6. The number of rotatable bonds is 3. The van der Waals surface area contributed by atoms with Crippen LogP contribution < -0.4 is 21.3 Å². The number of anilines is 4. The Morgan fingerprint density at radius 1 is 1.19 bits per heavy atom. The van der Waals surface area contributed by atoms with Gasteiger partial charge in [0.15, 0.2) is 0 Å². The first kappa shape index (κ1) is 13.0. The molecule has 1 aliphatic rings. The highest BCUT2D eigenvalue weighted by Gasteiger charge is 2.07. The zero-order valence-corrected chi connectivity index (χ0v) is 11.6. The molecule has 0 atom stereocenters. The lowest BCUT2D eigenvalue weighted by Gasteiger charge is -2.17. The van der Waals surface area contributed by atoms with E-state index in [1.165, 1.54) is 0 Å². The number of nitrogens with two attached hydrogens (primary N) is 1. The van der Waals surface area contributed by atoms with E-state index in [1.807, 2.05) is 60.9 Å². The number of hydrogen-bond acceptors (Lipinski definition) is 6. The molecule has 2 aromatic rings. The lowest BCUT2D eigenvalue weighted by atomic mass is 10.2. The highest BCUT2D eigenvalue weighted by Crippen LogP contribution is 2.22. The predicted octanol–water partition coefficient (Wildman–Crippen LogP) is 2.46. The first-order valence-electron chi connectivity index (χ1n) is 6.56. The van der Waals surface area contributed by atoms with Crippen LogP contribution in [0.3, 0.4) is 0 Å². The van der Waals surface area contributed by atoms with E-state index >= 15 is 0 Å². The third-order valence-corrected chi connectivity index (χ3v) is 3.08. The van der Waals surface area contributed by atoms with Crippen molar-refractivity contribution in [3.05, 3.63) is 60.8 Å². The summed E-state index contributed by atoms with van der Waals surface area (Å²) in [5, 5.41) is 6.18. The molecule has 4 N–H and O–H groups in total. The molecule has 106 valence electrons. The third-order valence-electron chi connectivity index (χ3n) is 3.08. The van der Waals surface area contributed by atoms with E-state index in [2.05, 4.69) is 20.6 Å².